The summed E-state index contributed by atoms with van der Waals surface area (Å²) in [5.41, 5.74) is -0.0853. The van der Waals surface area contributed by atoms with Crippen LogP contribution < -0.4 is 9.46 Å². The summed E-state index contributed by atoms with van der Waals surface area (Å²) < 4.78 is 33.0. The first kappa shape index (κ1) is 16.8. The zero-order valence-corrected chi connectivity index (χ0v) is 13.5. The van der Waals surface area contributed by atoms with Crippen LogP contribution in [0, 0.1) is 5.92 Å². The SMILES string of the molecule is COc1ccc(C(=O)O)cc1S(=O)(=O)N[C@H]1CCCC[C@@H]1C. The number of ether oxygens (including phenoxy) is 1. The number of carboxylic acids is 1. The van der Waals surface area contributed by atoms with Gasteiger partial charge in [-0.3, -0.25) is 0 Å². The van der Waals surface area contributed by atoms with E-state index in [1.54, 1.807) is 0 Å². The highest BCUT2D eigenvalue weighted by atomic mass is 32.2. The highest BCUT2D eigenvalue weighted by molar-refractivity contribution is 7.89. The quantitative estimate of drug-likeness (QED) is 0.865. The average molecular weight is 327 g/mol. The van der Waals surface area contributed by atoms with E-state index >= 15 is 0 Å². The molecule has 0 amide bonds. The van der Waals surface area contributed by atoms with Gasteiger partial charge in [0.1, 0.15) is 10.6 Å². The molecule has 0 spiro atoms. The van der Waals surface area contributed by atoms with Crippen LogP contribution in [0.1, 0.15) is 43.0 Å². The minimum absolute atomic E-state index is 0.0853. The average Bonchev–Trinajstić information content (AvgIpc) is 2.48. The number of methoxy groups -OCH3 is 1. The number of nitrogens with one attached hydrogen (secondary N) is 1. The summed E-state index contributed by atoms with van der Waals surface area (Å²) in [6.07, 6.45) is 3.88. The van der Waals surface area contributed by atoms with E-state index in [4.69, 9.17) is 9.84 Å². The van der Waals surface area contributed by atoms with Crippen molar-refractivity contribution in [3.8, 4) is 5.75 Å². The van der Waals surface area contributed by atoms with Crippen molar-refractivity contribution in [1.82, 2.24) is 4.72 Å². The number of carbonyl (C=O) groups is 1. The summed E-state index contributed by atoms with van der Waals surface area (Å²) in [6, 6.07) is 3.69. The first-order valence-electron chi connectivity index (χ1n) is 7.29. The van der Waals surface area contributed by atoms with Crippen LogP contribution in [0.2, 0.25) is 0 Å². The van der Waals surface area contributed by atoms with Crippen LogP contribution in [-0.2, 0) is 10.0 Å². The molecule has 7 heteroatoms. The van der Waals surface area contributed by atoms with Crippen LogP contribution in [-0.4, -0.2) is 32.6 Å². The van der Waals surface area contributed by atoms with Crippen LogP contribution in [0.5, 0.6) is 5.75 Å². The lowest BCUT2D eigenvalue weighted by Crippen LogP contribution is -2.41. The minimum Gasteiger partial charge on any atom is -0.495 e. The van der Waals surface area contributed by atoms with Gasteiger partial charge >= 0.3 is 5.97 Å². The molecule has 1 aromatic carbocycles. The molecule has 22 heavy (non-hydrogen) atoms. The Bertz CT molecular complexity index is 656. The van der Waals surface area contributed by atoms with Gasteiger partial charge in [0.2, 0.25) is 10.0 Å². The maximum Gasteiger partial charge on any atom is 0.335 e. The second kappa shape index (κ2) is 6.66. The first-order chi connectivity index (χ1) is 10.3. The fourth-order valence-corrected chi connectivity index (χ4v) is 4.35. The monoisotopic (exact) mass is 327 g/mol. The highest BCUT2D eigenvalue weighted by Gasteiger charge is 2.29. The molecule has 2 atom stereocenters. The van der Waals surface area contributed by atoms with Crippen molar-refractivity contribution in [1.29, 1.82) is 0 Å². The van der Waals surface area contributed by atoms with Crippen molar-refractivity contribution in [2.75, 3.05) is 7.11 Å². The lowest BCUT2D eigenvalue weighted by molar-refractivity contribution is 0.0696. The van der Waals surface area contributed by atoms with E-state index in [9.17, 15) is 13.2 Å². The number of sulfonamides is 1. The molecular formula is C15H21NO5S. The third-order valence-electron chi connectivity index (χ3n) is 4.12. The van der Waals surface area contributed by atoms with Crippen molar-refractivity contribution in [2.24, 2.45) is 5.92 Å². The van der Waals surface area contributed by atoms with E-state index < -0.39 is 16.0 Å². The number of rotatable bonds is 5. The Morgan fingerprint density at radius 2 is 2.00 bits per heavy atom. The van der Waals surface area contributed by atoms with Gasteiger partial charge in [0.15, 0.2) is 0 Å². The van der Waals surface area contributed by atoms with Gasteiger partial charge in [-0.15, -0.1) is 0 Å². The van der Waals surface area contributed by atoms with E-state index in [-0.39, 0.29) is 28.2 Å². The molecule has 0 unspecified atom stereocenters. The molecule has 0 bridgehead atoms. The number of benzene rings is 1. The summed E-state index contributed by atoms with van der Waals surface area (Å²) in [7, 11) is -2.47. The summed E-state index contributed by atoms with van der Waals surface area (Å²) in [5.74, 6) is -0.775. The molecule has 2 rings (SSSR count). The lowest BCUT2D eigenvalue weighted by Gasteiger charge is -2.29. The van der Waals surface area contributed by atoms with Crippen LogP contribution in [0.15, 0.2) is 23.1 Å². The molecule has 6 nitrogen and oxygen atoms in total. The maximum absolute atomic E-state index is 12.6. The molecule has 0 radical (unpaired) electrons. The van der Waals surface area contributed by atoms with E-state index in [1.165, 1.54) is 19.2 Å². The zero-order valence-electron chi connectivity index (χ0n) is 12.7. The first-order valence-corrected chi connectivity index (χ1v) is 8.77. The number of hydrogen-bond acceptors (Lipinski definition) is 4. The summed E-state index contributed by atoms with van der Waals surface area (Å²) in [5, 5.41) is 9.05. The molecule has 1 fully saturated rings. The van der Waals surface area contributed by atoms with Gasteiger partial charge in [-0.25, -0.2) is 17.9 Å². The van der Waals surface area contributed by atoms with Gasteiger partial charge in [0, 0.05) is 6.04 Å². The Kier molecular flexibility index (Phi) is 5.08. The molecule has 1 aliphatic rings. The molecule has 122 valence electrons. The Morgan fingerprint density at radius 1 is 1.32 bits per heavy atom. The molecule has 1 aromatic rings. The van der Waals surface area contributed by atoms with Gasteiger partial charge in [0.05, 0.1) is 12.7 Å². The summed E-state index contributed by atoms with van der Waals surface area (Å²) in [6.45, 7) is 2.03. The van der Waals surface area contributed by atoms with Crippen molar-refractivity contribution in [3.05, 3.63) is 23.8 Å². The molecule has 0 saturated heterocycles. The molecule has 1 aliphatic carbocycles. The number of hydrogen-bond donors (Lipinski definition) is 2. The molecule has 1 saturated carbocycles. The van der Waals surface area contributed by atoms with Gasteiger partial charge in [0.25, 0.3) is 0 Å². The minimum atomic E-state index is -3.83. The lowest BCUT2D eigenvalue weighted by atomic mass is 9.87. The highest BCUT2D eigenvalue weighted by Crippen LogP contribution is 2.29. The smallest absolute Gasteiger partial charge is 0.335 e. The molecular weight excluding hydrogens is 306 g/mol. The predicted molar refractivity (Wildman–Crippen MR) is 81.7 cm³/mol. The molecule has 0 heterocycles. The van der Waals surface area contributed by atoms with E-state index in [0.717, 1.165) is 31.7 Å². The van der Waals surface area contributed by atoms with E-state index in [1.807, 2.05) is 6.92 Å². The number of aromatic carboxylic acids is 1. The second-order valence-electron chi connectivity index (χ2n) is 5.66. The fraction of sp³-hybridized carbons (Fsp3) is 0.533. The van der Waals surface area contributed by atoms with Gasteiger partial charge in [-0.1, -0.05) is 19.8 Å². The largest absolute Gasteiger partial charge is 0.495 e. The second-order valence-corrected chi connectivity index (χ2v) is 7.34. The number of carboxylic acid groups (broad SMARTS) is 1. The maximum atomic E-state index is 12.6. The van der Waals surface area contributed by atoms with Crippen molar-refractivity contribution >= 4 is 16.0 Å². The Hall–Kier alpha value is -1.60. The normalized spacial score (nSPS) is 22.3. The van der Waals surface area contributed by atoms with Crippen molar-refractivity contribution in [2.45, 2.75) is 43.5 Å². The van der Waals surface area contributed by atoms with Crippen LogP contribution in [0.3, 0.4) is 0 Å². The third-order valence-corrected chi connectivity index (χ3v) is 5.63. The van der Waals surface area contributed by atoms with Gasteiger partial charge in [-0.2, -0.15) is 0 Å². The van der Waals surface area contributed by atoms with Crippen LogP contribution in [0.25, 0.3) is 0 Å². The van der Waals surface area contributed by atoms with Crippen LogP contribution >= 0.6 is 0 Å². The Labute approximate surface area is 130 Å². The summed E-state index contributed by atoms with van der Waals surface area (Å²) in [4.78, 5) is 10.9. The molecule has 0 aliphatic heterocycles. The van der Waals surface area contributed by atoms with E-state index in [0.29, 0.717) is 0 Å². The van der Waals surface area contributed by atoms with Gasteiger partial charge in [-0.05, 0) is 37.0 Å². The fourth-order valence-electron chi connectivity index (χ4n) is 2.77. The zero-order chi connectivity index (χ0) is 16.3. The molecule has 2 N–H and O–H groups in total. The van der Waals surface area contributed by atoms with Gasteiger partial charge < -0.3 is 9.84 Å². The molecule has 0 aromatic heterocycles. The van der Waals surface area contributed by atoms with Crippen molar-refractivity contribution < 1.29 is 23.1 Å². The van der Waals surface area contributed by atoms with Crippen LogP contribution in [0.4, 0.5) is 0 Å². The van der Waals surface area contributed by atoms with Crippen molar-refractivity contribution in [3.63, 3.8) is 0 Å². The Morgan fingerprint density at radius 3 is 2.59 bits per heavy atom. The Balaban J connectivity index is 2.35. The topological polar surface area (TPSA) is 92.7 Å². The standard InChI is InChI=1S/C15H21NO5S/c1-10-5-3-4-6-12(10)16-22(19,20)14-9-11(15(17)18)7-8-13(14)21-2/h7-10,12,16H,3-6H2,1-2H3,(H,17,18)/t10-,12-/m0/s1. The van der Waals surface area contributed by atoms with E-state index in [2.05, 4.69) is 4.72 Å². The summed E-state index contributed by atoms with van der Waals surface area (Å²) >= 11 is 0. The predicted octanol–water partition coefficient (Wildman–Crippen LogP) is 2.25. The third kappa shape index (κ3) is 3.59.